The molecule has 2 aliphatic rings. The number of rotatable bonds is 5. The van der Waals surface area contributed by atoms with Gasteiger partial charge in [0.25, 0.3) is 0 Å². The van der Waals surface area contributed by atoms with Gasteiger partial charge in [-0.05, 0) is 36.8 Å². The summed E-state index contributed by atoms with van der Waals surface area (Å²) in [5.74, 6) is 0.331. The van der Waals surface area contributed by atoms with Crippen LogP contribution in [0.25, 0.3) is 0 Å². The van der Waals surface area contributed by atoms with Crippen LogP contribution in [0.5, 0.6) is 0 Å². The van der Waals surface area contributed by atoms with Gasteiger partial charge in [-0.1, -0.05) is 31.2 Å². The molecule has 1 saturated heterocycles. The van der Waals surface area contributed by atoms with Gasteiger partial charge in [-0.3, -0.25) is 4.79 Å². The molecule has 1 aromatic carbocycles. The first-order chi connectivity index (χ1) is 10.6. The number of carbonyl (C=O) groups is 1. The van der Waals surface area contributed by atoms with E-state index in [0.717, 1.165) is 51.9 Å². The number of carbonyl (C=O) groups excluding carboxylic acids is 1. The van der Waals surface area contributed by atoms with Crippen LogP contribution in [0.15, 0.2) is 24.3 Å². The Morgan fingerprint density at radius 1 is 1.23 bits per heavy atom. The Morgan fingerprint density at radius 3 is 2.41 bits per heavy atom. The fourth-order valence-corrected chi connectivity index (χ4v) is 3.17. The lowest BCUT2D eigenvalue weighted by Gasteiger charge is -2.29. The van der Waals surface area contributed by atoms with E-state index in [9.17, 15) is 4.79 Å². The van der Waals surface area contributed by atoms with Crippen molar-refractivity contribution in [2.45, 2.75) is 38.1 Å². The fourth-order valence-electron chi connectivity index (χ4n) is 3.17. The van der Waals surface area contributed by atoms with Gasteiger partial charge in [-0.15, -0.1) is 0 Å². The zero-order valence-electron chi connectivity index (χ0n) is 13.5. The highest BCUT2D eigenvalue weighted by Gasteiger charge is 2.37. The molecule has 3 rings (SSSR count). The van der Waals surface area contributed by atoms with E-state index in [1.54, 1.807) is 0 Å². The van der Waals surface area contributed by atoms with Crippen molar-refractivity contribution in [3.63, 3.8) is 0 Å². The van der Waals surface area contributed by atoms with Gasteiger partial charge in [0, 0.05) is 37.6 Å². The molecule has 0 bridgehead atoms. The Morgan fingerprint density at radius 2 is 1.82 bits per heavy atom. The van der Waals surface area contributed by atoms with Crippen molar-refractivity contribution in [3.8, 4) is 0 Å². The van der Waals surface area contributed by atoms with Crippen molar-refractivity contribution in [2.75, 3.05) is 26.2 Å². The standard InChI is InChI=1S/C18H27N3O/c1-14(17(22)21-10-8-20-9-11-21)12-15-2-4-16(5-3-15)13-18(19)6-7-18/h2-5,14,20H,6-13,19H2,1H3. The SMILES string of the molecule is CC(Cc1ccc(CC2(N)CC2)cc1)C(=O)N1CCNCC1. The molecule has 4 heteroatoms. The molecule has 2 fully saturated rings. The van der Waals surface area contributed by atoms with E-state index in [0.29, 0.717) is 0 Å². The molecule has 0 spiro atoms. The lowest BCUT2D eigenvalue weighted by molar-refractivity contribution is -0.135. The molecule has 3 N–H and O–H groups in total. The zero-order valence-corrected chi connectivity index (χ0v) is 13.5. The largest absolute Gasteiger partial charge is 0.340 e. The normalized spacial score (nSPS) is 21.5. The third-order valence-electron chi connectivity index (χ3n) is 4.86. The molecule has 4 nitrogen and oxygen atoms in total. The van der Waals surface area contributed by atoms with Gasteiger partial charge in [0.05, 0.1) is 0 Å². The topological polar surface area (TPSA) is 58.4 Å². The maximum atomic E-state index is 12.4. The summed E-state index contributed by atoms with van der Waals surface area (Å²) in [6.45, 7) is 5.53. The molecular weight excluding hydrogens is 274 g/mol. The second-order valence-electron chi connectivity index (χ2n) is 7.04. The van der Waals surface area contributed by atoms with E-state index in [1.807, 2.05) is 11.8 Å². The molecule has 1 unspecified atom stereocenters. The summed E-state index contributed by atoms with van der Waals surface area (Å²) >= 11 is 0. The first-order valence-corrected chi connectivity index (χ1v) is 8.42. The summed E-state index contributed by atoms with van der Waals surface area (Å²) < 4.78 is 0. The van der Waals surface area contributed by atoms with Crippen LogP contribution < -0.4 is 11.1 Å². The summed E-state index contributed by atoms with van der Waals surface area (Å²) in [5.41, 5.74) is 8.77. The van der Waals surface area contributed by atoms with Crippen LogP contribution in [0.4, 0.5) is 0 Å². The first kappa shape index (κ1) is 15.5. The number of nitrogens with two attached hydrogens (primary N) is 1. The summed E-state index contributed by atoms with van der Waals surface area (Å²) in [6, 6.07) is 8.65. The Hall–Kier alpha value is -1.39. The Balaban J connectivity index is 1.54. The summed E-state index contributed by atoms with van der Waals surface area (Å²) in [6.07, 6.45) is 4.08. The van der Waals surface area contributed by atoms with E-state index in [2.05, 4.69) is 29.6 Å². The number of hydrogen-bond acceptors (Lipinski definition) is 3. The molecule has 1 heterocycles. The van der Waals surface area contributed by atoms with Crippen LogP contribution in [0, 0.1) is 5.92 Å². The molecular formula is C18H27N3O. The highest BCUT2D eigenvalue weighted by molar-refractivity contribution is 5.79. The second-order valence-corrected chi connectivity index (χ2v) is 7.04. The lowest BCUT2D eigenvalue weighted by atomic mass is 9.97. The van der Waals surface area contributed by atoms with Gasteiger partial charge >= 0.3 is 0 Å². The number of piperazine rings is 1. The molecule has 1 amide bonds. The highest BCUT2D eigenvalue weighted by Crippen LogP contribution is 2.35. The maximum Gasteiger partial charge on any atom is 0.225 e. The molecule has 1 atom stereocenters. The van der Waals surface area contributed by atoms with Gasteiger partial charge < -0.3 is 16.0 Å². The predicted octanol–water partition coefficient (Wildman–Crippen LogP) is 1.33. The summed E-state index contributed by atoms with van der Waals surface area (Å²) in [4.78, 5) is 14.4. The minimum absolute atomic E-state index is 0.0493. The van der Waals surface area contributed by atoms with E-state index < -0.39 is 0 Å². The van der Waals surface area contributed by atoms with E-state index in [1.165, 1.54) is 11.1 Å². The van der Waals surface area contributed by atoms with Crippen LogP contribution in [0.1, 0.15) is 30.9 Å². The first-order valence-electron chi connectivity index (χ1n) is 8.42. The maximum absolute atomic E-state index is 12.4. The number of hydrogen-bond donors (Lipinski definition) is 2. The average Bonchev–Trinajstić information content (AvgIpc) is 3.26. The van der Waals surface area contributed by atoms with Crippen LogP contribution in [-0.2, 0) is 17.6 Å². The highest BCUT2D eigenvalue weighted by atomic mass is 16.2. The molecule has 0 aromatic heterocycles. The third-order valence-corrected chi connectivity index (χ3v) is 4.86. The minimum Gasteiger partial charge on any atom is -0.340 e. The van der Waals surface area contributed by atoms with Crippen molar-refractivity contribution < 1.29 is 4.79 Å². The van der Waals surface area contributed by atoms with Crippen LogP contribution in [-0.4, -0.2) is 42.5 Å². The van der Waals surface area contributed by atoms with Crippen LogP contribution in [0.3, 0.4) is 0 Å². The predicted molar refractivity (Wildman–Crippen MR) is 88.6 cm³/mol. The van der Waals surface area contributed by atoms with Gasteiger partial charge in [0.1, 0.15) is 0 Å². The van der Waals surface area contributed by atoms with Gasteiger partial charge in [0.2, 0.25) is 5.91 Å². The molecule has 1 aromatic rings. The third kappa shape index (κ3) is 3.87. The van der Waals surface area contributed by atoms with E-state index in [-0.39, 0.29) is 17.4 Å². The molecule has 22 heavy (non-hydrogen) atoms. The lowest BCUT2D eigenvalue weighted by Crippen LogP contribution is -2.48. The number of nitrogens with zero attached hydrogens (tertiary/aromatic N) is 1. The number of nitrogens with one attached hydrogen (secondary N) is 1. The Bertz CT molecular complexity index is 516. The van der Waals surface area contributed by atoms with E-state index >= 15 is 0 Å². The number of benzene rings is 1. The van der Waals surface area contributed by atoms with Crippen molar-refractivity contribution in [1.82, 2.24) is 10.2 Å². The molecule has 120 valence electrons. The van der Waals surface area contributed by atoms with E-state index in [4.69, 9.17) is 5.73 Å². The Kier molecular flexibility index (Phi) is 4.50. The van der Waals surface area contributed by atoms with Gasteiger partial charge in [-0.2, -0.15) is 0 Å². The number of amides is 1. The quantitative estimate of drug-likeness (QED) is 0.862. The van der Waals surface area contributed by atoms with Gasteiger partial charge in [-0.25, -0.2) is 0 Å². The average molecular weight is 301 g/mol. The monoisotopic (exact) mass is 301 g/mol. The molecule has 1 aliphatic carbocycles. The summed E-state index contributed by atoms with van der Waals surface area (Å²) in [5, 5.41) is 3.28. The molecule has 0 radical (unpaired) electrons. The fraction of sp³-hybridized carbons (Fsp3) is 0.611. The second kappa shape index (κ2) is 6.39. The summed E-state index contributed by atoms with van der Waals surface area (Å²) in [7, 11) is 0. The zero-order chi connectivity index (χ0) is 15.6. The van der Waals surface area contributed by atoms with Crippen molar-refractivity contribution in [3.05, 3.63) is 35.4 Å². The van der Waals surface area contributed by atoms with Crippen molar-refractivity contribution in [2.24, 2.45) is 11.7 Å². The smallest absolute Gasteiger partial charge is 0.225 e. The van der Waals surface area contributed by atoms with Crippen LogP contribution >= 0.6 is 0 Å². The van der Waals surface area contributed by atoms with Crippen LogP contribution in [0.2, 0.25) is 0 Å². The van der Waals surface area contributed by atoms with Gasteiger partial charge in [0.15, 0.2) is 0 Å². The molecule has 1 saturated carbocycles. The minimum atomic E-state index is 0.0493. The molecule has 1 aliphatic heterocycles. The van der Waals surface area contributed by atoms with Crippen molar-refractivity contribution in [1.29, 1.82) is 0 Å². The van der Waals surface area contributed by atoms with Crippen molar-refractivity contribution >= 4 is 5.91 Å². The Labute approximate surface area is 133 Å².